The van der Waals surface area contributed by atoms with Crippen molar-refractivity contribution in [2.45, 2.75) is 32.6 Å². The van der Waals surface area contributed by atoms with Gasteiger partial charge >= 0.3 is 0 Å². The van der Waals surface area contributed by atoms with Crippen molar-refractivity contribution in [2.75, 3.05) is 6.67 Å². The van der Waals surface area contributed by atoms with Gasteiger partial charge in [0.2, 0.25) is 5.91 Å². The predicted molar refractivity (Wildman–Crippen MR) is 41.3 cm³/mol. The maximum absolute atomic E-state index is 10.7. The summed E-state index contributed by atoms with van der Waals surface area (Å²) in [5.74, 6) is 0.0657. The van der Waals surface area contributed by atoms with Crippen molar-refractivity contribution in [1.29, 1.82) is 0 Å². The molecule has 0 bridgehead atoms. The highest BCUT2D eigenvalue weighted by atomic mass is 16.1. The third-order valence-corrected chi connectivity index (χ3v) is 1.31. The molecule has 0 unspecified atom stereocenters. The van der Waals surface area contributed by atoms with E-state index in [1.165, 1.54) is 0 Å². The summed E-state index contributed by atoms with van der Waals surface area (Å²) in [6.07, 6.45) is 3.86. The Morgan fingerprint density at radius 1 is 1.50 bits per heavy atom. The van der Waals surface area contributed by atoms with E-state index in [0.29, 0.717) is 6.42 Å². The highest BCUT2D eigenvalue weighted by Gasteiger charge is 1.96. The Hall–Kier alpha value is -0.570. The Morgan fingerprint density at radius 3 is 2.70 bits per heavy atom. The van der Waals surface area contributed by atoms with Gasteiger partial charge in [-0.1, -0.05) is 19.8 Å². The molecule has 3 N–H and O–H groups in total. The molecule has 0 rings (SSSR count). The molecule has 3 heteroatoms. The Bertz CT molecular complexity index is 93.6. The molecule has 0 spiro atoms. The summed E-state index contributed by atoms with van der Waals surface area (Å²) < 4.78 is 0. The molecule has 0 aromatic heterocycles. The van der Waals surface area contributed by atoms with Gasteiger partial charge < -0.3 is 11.1 Å². The molecule has 0 aliphatic carbocycles. The number of nitrogens with one attached hydrogen (secondary N) is 1. The van der Waals surface area contributed by atoms with Gasteiger partial charge in [0.05, 0.1) is 6.67 Å². The minimum Gasteiger partial charge on any atom is -0.344 e. The summed E-state index contributed by atoms with van der Waals surface area (Å²) >= 11 is 0. The fraction of sp³-hybridized carbons (Fsp3) is 0.857. The van der Waals surface area contributed by atoms with Crippen LogP contribution >= 0.6 is 0 Å². The van der Waals surface area contributed by atoms with Crippen LogP contribution in [-0.4, -0.2) is 12.6 Å². The van der Waals surface area contributed by atoms with Gasteiger partial charge in [0, 0.05) is 6.42 Å². The van der Waals surface area contributed by atoms with Crippen LogP contribution in [0.1, 0.15) is 32.6 Å². The molecule has 0 fully saturated rings. The van der Waals surface area contributed by atoms with E-state index in [2.05, 4.69) is 12.2 Å². The number of hydrogen-bond acceptors (Lipinski definition) is 2. The molecule has 0 aliphatic rings. The number of unbranched alkanes of at least 4 members (excludes halogenated alkanes) is 2. The zero-order chi connectivity index (χ0) is 7.82. The van der Waals surface area contributed by atoms with Gasteiger partial charge in [-0.05, 0) is 6.42 Å². The lowest BCUT2D eigenvalue weighted by Crippen LogP contribution is -2.28. The molecule has 0 saturated carbocycles. The van der Waals surface area contributed by atoms with Gasteiger partial charge in [-0.3, -0.25) is 4.79 Å². The van der Waals surface area contributed by atoms with Crippen molar-refractivity contribution < 1.29 is 4.79 Å². The summed E-state index contributed by atoms with van der Waals surface area (Å²) in [5, 5.41) is 2.54. The van der Waals surface area contributed by atoms with Crippen molar-refractivity contribution in [1.82, 2.24) is 5.32 Å². The third kappa shape index (κ3) is 5.56. The van der Waals surface area contributed by atoms with Gasteiger partial charge in [0.15, 0.2) is 0 Å². The Kier molecular flexibility index (Phi) is 6.18. The zero-order valence-electron chi connectivity index (χ0n) is 6.52. The van der Waals surface area contributed by atoms with Crippen LogP contribution < -0.4 is 11.1 Å². The second-order valence-electron chi connectivity index (χ2n) is 2.26. The summed E-state index contributed by atoms with van der Waals surface area (Å²) in [4.78, 5) is 10.7. The second kappa shape index (κ2) is 6.55. The predicted octanol–water partition coefficient (Wildman–Crippen LogP) is 0.599. The lowest BCUT2D eigenvalue weighted by molar-refractivity contribution is -0.121. The van der Waals surface area contributed by atoms with Crippen LogP contribution in [0.5, 0.6) is 0 Å². The number of nitrogens with two attached hydrogens (primary N) is 1. The van der Waals surface area contributed by atoms with E-state index in [0.717, 1.165) is 19.3 Å². The number of carbonyl (C=O) groups excluding carboxylic acids is 1. The third-order valence-electron chi connectivity index (χ3n) is 1.31. The van der Waals surface area contributed by atoms with Crippen molar-refractivity contribution in [3.8, 4) is 0 Å². The Balaban J connectivity index is 3.05. The normalized spacial score (nSPS) is 9.40. The van der Waals surface area contributed by atoms with E-state index in [4.69, 9.17) is 5.73 Å². The average molecular weight is 144 g/mol. The molecule has 0 aromatic carbocycles. The topological polar surface area (TPSA) is 55.1 Å². The van der Waals surface area contributed by atoms with Crippen LogP contribution in [0.25, 0.3) is 0 Å². The first-order valence-corrected chi connectivity index (χ1v) is 3.78. The van der Waals surface area contributed by atoms with Gasteiger partial charge in [-0.2, -0.15) is 0 Å². The molecule has 0 saturated heterocycles. The van der Waals surface area contributed by atoms with Gasteiger partial charge in [-0.25, -0.2) is 0 Å². The average Bonchev–Trinajstić information content (AvgIpc) is 1.89. The van der Waals surface area contributed by atoms with Crippen molar-refractivity contribution in [2.24, 2.45) is 5.73 Å². The zero-order valence-corrected chi connectivity index (χ0v) is 6.52. The Morgan fingerprint density at radius 2 is 2.20 bits per heavy atom. The van der Waals surface area contributed by atoms with Crippen LogP contribution in [0.4, 0.5) is 0 Å². The minimum absolute atomic E-state index is 0.0657. The minimum atomic E-state index is 0.0657. The molecule has 10 heavy (non-hydrogen) atoms. The lowest BCUT2D eigenvalue weighted by Gasteiger charge is -1.99. The number of rotatable bonds is 5. The van der Waals surface area contributed by atoms with Crippen LogP contribution in [0, 0.1) is 0 Å². The van der Waals surface area contributed by atoms with Crippen LogP contribution in [0.3, 0.4) is 0 Å². The van der Waals surface area contributed by atoms with Crippen LogP contribution in [-0.2, 0) is 4.79 Å². The van der Waals surface area contributed by atoms with Gasteiger partial charge in [-0.15, -0.1) is 0 Å². The van der Waals surface area contributed by atoms with E-state index in [1.807, 2.05) is 0 Å². The second-order valence-corrected chi connectivity index (χ2v) is 2.26. The maximum Gasteiger partial charge on any atom is 0.220 e. The monoisotopic (exact) mass is 144 g/mol. The molecule has 1 amide bonds. The molecule has 0 aromatic rings. The molecule has 0 aliphatic heterocycles. The highest BCUT2D eigenvalue weighted by molar-refractivity contribution is 5.75. The van der Waals surface area contributed by atoms with Crippen molar-refractivity contribution in [3.63, 3.8) is 0 Å². The summed E-state index contributed by atoms with van der Waals surface area (Å²) in [5.41, 5.74) is 5.10. The first kappa shape index (κ1) is 9.43. The summed E-state index contributed by atoms with van der Waals surface area (Å²) in [7, 11) is 0. The van der Waals surface area contributed by atoms with E-state index >= 15 is 0 Å². The van der Waals surface area contributed by atoms with Crippen LogP contribution in [0.15, 0.2) is 0 Å². The SMILES string of the molecule is CCCCCC(=O)NCN. The Labute approximate surface area is 62.0 Å². The largest absolute Gasteiger partial charge is 0.344 e. The van der Waals surface area contributed by atoms with E-state index < -0.39 is 0 Å². The molecule has 3 nitrogen and oxygen atoms in total. The fourth-order valence-corrected chi connectivity index (χ4v) is 0.738. The molecular formula is C7H16N2O. The smallest absolute Gasteiger partial charge is 0.220 e. The molecular weight excluding hydrogens is 128 g/mol. The first-order valence-electron chi connectivity index (χ1n) is 3.78. The standard InChI is InChI=1S/C7H16N2O/c1-2-3-4-5-7(10)9-6-8/h2-6,8H2,1H3,(H,9,10). The quantitative estimate of drug-likeness (QED) is 0.438. The maximum atomic E-state index is 10.7. The fourth-order valence-electron chi connectivity index (χ4n) is 0.738. The number of amides is 1. The molecule has 60 valence electrons. The summed E-state index contributed by atoms with van der Waals surface area (Å²) in [6.45, 7) is 2.37. The van der Waals surface area contributed by atoms with Crippen molar-refractivity contribution in [3.05, 3.63) is 0 Å². The summed E-state index contributed by atoms with van der Waals surface area (Å²) in [6, 6.07) is 0. The van der Waals surface area contributed by atoms with Gasteiger partial charge in [0.1, 0.15) is 0 Å². The van der Waals surface area contributed by atoms with E-state index in [1.54, 1.807) is 0 Å². The van der Waals surface area contributed by atoms with E-state index in [-0.39, 0.29) is 12.6 Å². The van der Waals surface area contributed by atoms with Crippen molar-refractivity contribution >= 4 is 5.91 Å². The first-order chi connectivity index (χ1) is 4.81. The number of carbonyl (C=O) groups is 1. The van der Waals surface area contributed by atoms with E-state index in [9.17, 15) is 4.79 Å². The highest BCUT2D eigenvalue weighted by Crippen LogP contribution is 1.97. The number of hydrogen-bond donors (Lipinski definition) is 2. The van der Waals surface area contributed by atoms with Crippen LogP contribution in [0.2, 0.25) is 0 Å². The molecule has 0 radical (unpaired) electrons. The molecule has 0 heterocycles. The molecule has 0 atom stereocenters. The van der Waals surface area contributed by atoms with Gasteiger partial charge in [0.25, 0.3) is 0 Å². The lowest BCUT2D eigenvalue weighted by atomic mass is 10.2.